The lowest BCUT2D eigenvalue weighted by atomic mass is 10.0. The minimum atomic E-state index is -0.605. The van der Waals surface area contributed by atoms with Crippen molar-refractivity contribution in [1.29, 1.82) is 0 Å². The molecular weight excluding hydrogens is 446 g/mol. The lowest BCUT2D eigenvalue weighted by molar-refractivity contribution is 0.100. The second-order valence-corrected chi connectivity index (χ2v) is 7.09. The molecule has 0 bridgehead atoms. The highest BCUT2D eigenvalue weighted by molar-refractivity contribution is 14.1. The van der Waals surface area contributed by atoms with E-state index < -0.39 is 11.7 Å². The smallest absolute Gasteiger partial charge is 0.251 e. The number of pyridine rings is 1. The van der Waals surface area contributed by atoms with Crippen LogP contribution in [0.15, 0.2) is 42.7 Å². The zero-order valence-electron chi connectivity index (χ0n) is 13.7. The van der Waals surface area contributed by atoms with Crippen molar-refractivity contribution < 1.29 is 9.18 Å². The highest BCUT2D eigenvalue weighted by atomic mass is 127. The van der Waals surface area contributed by atoms with Crippen molar-refractivity contribution in [2.45, 2.75) is 6.92 Å². The Balaban J connectivity index is 2.02. The van der Waals surface area contributed by atoms with Gasteiger partial charge < -0.3 is 15.7 Å². The summed E-state index contributed by atoms with van der Waals surface area (Å²) in [6.07, 6.45) is 3.48. The van der Waals surface area contributed by atoms with Crippen molar-refractivity contribution >= 4 is 39.5 Å². The minimum absolute atomic E-state index is 0.281. The van der Waals surface area contributed by atoms with Crippen LogP contribution < -0.4 is 5.73 Å². The Bertz CT molecular complexity index is 1160. The SMILES string of the molecule is Cc1ccc(-c2[nH]c(-c3ccnc4[nH]ccc34)c(I)c2C(N)=O)c(F)c1. The Morgan fingerprint density at radius 3 is 2.73 bits per heavy atom. The standard InChI is InChI=1S/C19H14FIN4O/c1-9-2-3-12(13(20)8-9)16-14(18(22)26)15(21)17(25-16)10-4-6-23-19-11(10)5-7-24-19/h2-8,25H,1H3,(H2,22,26)(H,23,24). The average Bonchev–Trinajstić information content (AvgIpc) is 3.19. The first-order valence-electron chi connectivity index (χ1n) is 7.87. The molecule has 0 aliphatic rings. The van der Waals surface area contributed by atoms with Gasteiger partial charge in [-0.25, -0.2) is 9.37 Å². The molecule has 0 aliphatic carbocycles. The van der Waals surface area contributed by atoms with Crippen molar-refractivity contribution in [3.05, 3.63) is 63.2 Å². The number of aryl methyl sites for hydroxylation is 1. The van der Waals surface area contributed by atoms with Gasteiger partial charge in [0.25, 0.3) is 5.91 Å². The second kappa shape index (κ2) is 6.24. The molecular formula is C19H14FIN4O. The number of rotatable bonds is 3. The molecule has 26 heavy (non-hydrogen) atoms. The van der Waals surface area contributed by atoms with Crippen LogP contribution in [0.25, 0.3) is 33.5 Å². The van der Waals surface area contributed by atoms with Gasteiger partial charge in [-0.2, -0.15) is 0 Å². The van der Waals surface area contributed by atoms with Crippen LogP contribution in [0.1, 0.15) is 15.9 Å². The molecule has 0 atom stereocenters. The molecule has 4 aromatic rings. The van der Waals surface area contributed by atoms with Crippen LogP contribution in [0, 0.1) is 16.3 Å². The summed E-state index contributed by atoms with van der Waals surface area (Å²) in [5.74, 6) is -1.01. The predicted molar refractivity (Wildman–Crippen MR) is 107 cm³/mol. The van der Waals surface area contributed by atoms with Crippen molar-refractivity contribution in [3.8, 4) is 22.5 Å². The van der Waals surface area contributed by atoms with E-state index >= 15 is 0 Å². The van der Waals surface area contributed by atoms with E-state index in [1.54, 1.807) is 24.5 Å². The second-order valence-electron chi connectivity index (χ2n) is 6.01. The summed E-state index contributed by atoms with van der Waals surface area (Å²) in [7, 11) is 0. The van der Waals surface area contributed by atoms with Crippen molar-refractivity contribution in [1.82, 2.24) is 15.0 Å². The summed E-state index contributed by atoms with van der Waals surface area (Å²) in [6.45, 7) is 1.81. The molecule has 0 saturated carbocycles. The van der Waals surface area contributed by atoms with E-state index in [1.807, 2.05) is 19.1 Å². The number of aromatic nitrogens is 3. The largest absolute Gasteiger partial charge is 0.365 e. The zero-order valence-corrected chi connectivity index (χ0v) is 15.9. The lowest BCUT2D eigenvalue weighted by Gasteiger charge is -2.05. The van der Waals surface area contributed by atoms with Crippen LogP contribution in [0.2, 0.25) is 0 Å². The van der Waals surface area contributed by atoms with Gasteiger partial charge in [0.15, 0.2) is 0 Å². The third-order valence-corrected chi connectivity index (χ3v) is 5.39. The number of carbonyl (C=O) groups excluding carboxylic acids is 1. The summed E-state index contributed by atoms with van der Waals surface area (Å²) in [4.78, 5) is 22.7. The van der Waals surface area contributed by atoms with Gasteiger partial charge >= 0.3 is 0 Å². The van der Waals surface area contributed by atoms with E-state index in [-0.39, 0.29) is 5.56 Å². The fraction of sp³-hybridized carbons (Fsp3) is 0.0526. The molecule has 4 N–H and O–H groups in total. The lowest BCUT2D eigenvalue weighted by Crippen LogP contribution is -2.13. The van der Waals surface area contributed by atoms with Gasteiger partial charge in [0.1, 0.15) is 11.5 Å². The fourth-order valence-electron chi connectivity index (χ4n) is 3.10. The summed E-state index contributed by atoms with van der Waals surface area (Å²) in [6, 6.07) is 8.65. The predicted octanol–water partition coefficient (Wildman–Crippen LogP) is 4.38. The van der Waals surface area contributed by atoms with Crippen LogP contribution in [-0.2, 0) is 0 Å². The van der Waals surface area contributed by atoms with Crippen LogP contribution >= 0.6 is 22.6 Å². The zero-order chi connectivity index (χ0) is 18.4. The number of H-pyrrole nitrogens is 2. The van der Waals surface area contributed by atoms with Gasteiger partial charge in [-0.05, 0) is 59.3 Å². The van der Waals surface area contributed by atoms with Crippen LogP contribution in [-0.4, -0.2) is 20.9 Å². The van der Waals surface area contributed by atoms with Crippen molar-refractivity contribution in [2.75, 3.05) is 0 Å². The number of benzene rings is 1. The van der Waals surface area contributed by atoms with Gasteiger partial charge in [-0.1, -0.05) is 6.07 Å². The van der Waals surface area contributed by atoms with Crippen molar-refractivity contribution in [3.63, 3.8) is 0 Å². The van der Waals surface area contributed by atoms with Gasteiger partial charge in [0, 0.05) is 28.9 Å². The summed E-state index contributed by atoms with van der Waals surface area (Å²) < 4.78 is 15.2. The third-order valence-electron chi connectivity index (χ3n) is 4.31. The Labute approximate surface area is 162 Å². The van der Waals surface area contributed by atoms with Crippen molar-refractivity contribution in [2.24, 2.45) is 5.73 Å². The minimum Gasteiger partial charge on any atom is -0.365 e. The summed E-state index contributed by atoms with van der Waals surface area (Å²) >= 11 is 2.07. The van der Waals surface area contributed by atoms with Gasteiger partial charge in [-0.15, -0.1) is 0 Å². The number of amides is 1. The van der Waals surface area contributed by atoms with E-state index in [0.29, 0.717) is 20.5 Å². The normalized spacial score (nSPS) is 11.2. The molecule has 0 unspecified atom stereocenters. The monoisotopic (exact) mass is 460 g/mol. The fourth-order valence-corrected chi connectivity index (χ4v) is 4.06. The quantitative estimate of drug-likeness (QED) is 0.397. The Kier molecular flexibility index (Phi) is 4.03. The molecule has 130 valence electrons. The van der Waals surface area contributed by atoms with E-state index in [0.717, 1.165) is 22.2 Å². The number of fused-ring (bicyclic) bond motifs is 1. The van der Waals surface area contributed by atoms with Crippen LogP contribution in [0.3, 0.4) is 0 Å². The molecule has 3 aromatic heterocycles. The Hall–Kier alpha value is -2.68. The molecule has 0 fully saturated rings. The average molecular weight is 460 g/mol. The maximum absolute atomic E-state index is 14.5. The number of nitrogens with zero attached hydrogens (tertiary/aromatic N) is 1. The maximum atomic E-state index is 14.5. The molecule has 0 spiro atoms. The van der Waals surface area contributed by atoms with Gasteiger partial charge in [-0.3, -0.25) is 4.79 Å². The number of hydrogen-bond acceptors (Lipinski definition) is 2. The molecule has 5 nitrogen and oxygen atoms in total. The third kappa shape index (κ3) is 2.59. The number of aromatic amines is 2. The number of halogens is 2. The van der Waals surface area contributed by atoms with Gasteiger partial charge in [0.05, 0.1) is 20.5 Å². The topological polar surface area (TPSA) is 87.6 Å². The molecule has 4 rings (SSSR count). The van der Waals surface area contributed by atoms with E-state index in [4.69, 9.17) is 5.73 Å². The number of nitrogens with one attached hydrogen (secondary N) is 2. The van der Waals surface area contributed by atoms with Gasteiger partial charge in [0.2, 0.25) is 0 Å². The molecule has 1 aromatic carbocycles. The molecule has 3 heterocycles. The highest BCUT2D eigenvalue weighted by Crippen LogP contribution is 2.37. The molecule has 0 saturated heterocycles. The molecule has 0 radical (unpaired) electrons. The highest BCUT2D eigenvalue weighted by Gasteiger charge is 2.24. The number of carbonyl (C=O) groups is 1. The number of primary amides is 1. The van der Waals surface area contributed by atoms with Crippen LogP contribution in [0.4, 0.5) is 4.39 Å². The summed E-state index contributed by atoms with van der Waals surface area (Å²) in [5.41, 5.74) is 9.70. The Morgan fingerprint density at radius 1 is 1.19 bits per heavy atom. The molecule has 7 heteroatoms. The molecule has 0 aliphatic heterocycles. The van der Waals surface area contributed by atoms with Crippen LogP contribution in [0.5, 0.6) is 0 Å². The first kappa shape index (κ1) is 16.8. The first-order chi connectivity index (χ1) is 12.5. The van der Waals surface area contributed by atoms with E-state index in [9.17, 15) is 9.18 Å². The maximum Gasteiger partial charge on any atom is 0.251 e. The Morgan fingerprint density at radius 2 is 2.00 bits per heavy atom. The summed E-state index contributed by atoms with van der Waals surface area (Å²) in [5, 5.41) is 0.901. The number of nitrogens with two attached hydrogens (primary N) is 1. The van der Waals surface area contributed by atoms with E-state index in [1.165, 1.54) is 6.07 Å². The first-order valence-corrected chi connectivity index (χ1v) is 8.95. The molecule has 1 amide bonds. The van der Waals surface area contributed by atoms with E-state index in [2.05, 4.69) is 37.5 Å². The number of hydrogen-bond donors (Lipinski definition) is 3.